The number of hydrogen-bond acceptors (Lipinski definition) is 2. The third-order valence-corrected chi connectivity index (χ3v) is 2.32. The van der Waals surface area contributed by atoms with Crippen LogP contribution >= 0.6 is 0 Å². The van der Waals surface area contributed by atoms with Crippen molar-refractivity contribution in [3.63, 3.8) is 0 Å². The van der Waals surface area contributed by atoms with Crippen LogP contribution in [-0.4, -0.2) is 22.9 Å². The van der Waals surface area contributed by atoms with Gasteiger partial charge in [-0.3, -0.25) is 4.68 Å². The van der Waals surface area contributed by atoms with E-state index in [2.05, 4.69) is 35.0 Å². The Balaban J connectivity index is 2.17. The molecule has 0 spiro atoms. The van der Waals surface area contributed by atoms with E-state index in [-0.39, 0.29) is 0 Å². The van der Waals surface area contributed by atoms with E-state index in [1.807, 2.05) is 6.20 Å². The predicted octanol–water partition coefficient (Wildman–Crippen LogP) is 1.84. The molecule has 0 aliphatic carbocycles. The molecule has 0 atom stereocenters. The standard InChI is InChI=1S/C11H21N3/c1-3-8-12-9-5-6-11-7-10-13-14(11)4-2/h7,10,12H,3-6,8-9H2,1-2H3. The largest absolute Gasteiger partial charge is 0.317 e. The average molecular weight is 195 g/mol. The lowest BCUT2D eigenvalue weighted by Crippen LogP contribution is -2.17. The fourth-order valence-electron chi connectivity index (χ4n) is 1.55. The minimum absolute atomic E-state index is 0.977. The lowest BCUT2D eigenvalue weighted by atomic mass is 10.2. The molecule has 1 aromatic rings. The van der Waals surface area contributed by atoms with Gasteiger partial charge in [-0.15, -0.1) is 0 Å². The van der Waals surface area contributed by atoms with Gasteiger partial charge in [-0.2, -0.15) is 5.10 Å². The second kappa shape index (κ2) is 6.60. The number of nitrogens with one attached hydrogen (secondary N) is 1. The predicted molar refractivity (Wildman–Crippen MR) is 59.4 cm³/mol. The van der Waals surface area contributed by atoms with E-state index in [9.17, 15) is 0 Å². The van der Waals surface area contributed by atoms with Crippen LogP contribution in [0, 0.1) is 0 Å². The van der Waals surface area contributed by atoms with Crippen molar-refractivity contribution in [3.05, 3.63) is 18.0 Å². The van der Waals surface area contributed by atoms with E-state index in [0.29, 0.717) is 0 Å². The van der Waals surface area contributed by atoms with Gasteiger partial charge in [0.05, 0.1) is 0 Å². The Labute approximate surface area is 86.5 Å². The van der Waals surface area contributed by atoms with Crippen molar-refractivity contribution in [2.24, 2.45) is 0 Å². The molecule has 0 radical (unpaired) electrons. The van der Waals surface area contributed by atoms with Crippen molar-refractivity contribution in [1.29, 1.82) is 0 Å². The van der Waals surface area contributed by atoms with Crippen molar-refractivity contribution in [2.45, 2.75) is 39.7 Å². The summed E-state index contributed by atoms with van der Waals surface area (Å²) in [6.07, 6.45) is 5.43. The van der Waals surface area contributed by atoms with Crippen LogP contribution in [0.5, 0.6) is 0 Å². The Hall–Kier alpha value is -0.830. The van der Waals surface area contributed by atoms with Crippen LogP contribution in [0.1, 0.15) is 32.4 Å². The second-order valence-electron chi connectivity index (χ2n) is 3.49. The average Bonchev–Trinajstić information content (AvgIpc) is 2.65. The van der Waals surface area contributed by atoms with Crippen molar-refractivity contribution in [3.8, 4) is 0 Å². The first-order chi connectivity index (χ1) is 6.88. The monoisotopic (exact) mass is 195 g/mol. The highest BCUT2D eigenvalue weighted by Crippen LogP contribution is 2.01. The molecule has 14 heavy (non-hydrogen) atoms. The van der Waals surface area contributed by atoms with Crippen LogP contribution in [0.25, 0.3) is 0 Å². The fourth-order valence-corrected chi connectivity index (χ4v) is 1.55. The van der Waals surface area contributed by atoms with Gasteiger partial charge in [-0.25, -0.2) is 0 Å². The summed E-state index contributed by atoms with van der Waals surface area (Å²) in [5, 5.41) is 7.65. The maximum atomic E-state index is 4.25. The third-order valence-electron chi connectivity index (χ3n) is 2.32. The molecule has 80 valence electrons. The molecule has 0 fully saturated rings. The van der Waals surface area contributed by atoms with Crippen molar-refractivity contribution >= 4 is 0 Å². The molecular formula is C11H21N3. The maximum Gasteiger partial charge on any atom is 0.0492 e. The maximum absolute atomic E-state index is 4.25. The molecule has 0 saturated carbocycles. The SMILES string of the molecule is CCCNCCCc1ccnn1CC. The van der Waals surface area contributed by atoms with Gasteiger partial charge in [-0.1, -0.05) is 6.92 Å². The van der Waals surface area contributed by atoms with Gasteiger partial charge in [0.25, 0.3) is 0 Å². The van der Waals surface area contributed by atoms with Crippen LogP contribution in [0.15, 0.2) is 12.3 Å². The molecule has 1 aromatic heterocycles. The number of rotatable bonds is 7. The molecular weight excluding hydrogens is 174 g/mol. The van der Waals surface area contributed by atoms with E-state index in [0.717, 1.165) is 26.1 Å². The fraction of sp³-hybridized carbons (Fsp3) is 0.727. The Morgan fingerprint density at radius 2 is 2.21 bits per heavy atom. The van der Waals surface area contributed by atoms with Crippen molar-refractivity contribution < 1.29 is 0 Å². The minimum atomic E-state index is 0.977. The molecule has 3 nitrogen and oxygen atoms in total. The van der Waals surface area contributed by atoms with Gasteiger partial charge >= 0.3 is 0 Å². The van der Waals surface area contributed by atoms with Gasteiger partial charge in [-0.05, 0) is 45.3 Å². The highest BCUT2D eigenvalue weighted by molar-refractivity contribution is 5.00. The quantitative estimate of drug-likeness (QED) is 0.673. The Kier molecular flexibility index (Phi) is 5.30. The molecule has 0 aliphatic heterocycles. The first-order valence-electron chi connectivity index (χ1n) is 5.59. The second-order valence-corrected chi connectivity index (χ2v) is 3.49. The molecule has 0 aliphatic rings. The lowest BCUT2D eigenvalue weighted by molar-refractivity contribution is 0.588. The van der Waals surface area contributed by atoms with Gasteiger partial charge in [0.2, 0.25) is 0 Å². The van der Waals surface area contributed by atoms with E-state index < -0.39 is 0 Å². The summed E-state index contributed by atoms with van der Waals surface area (Å²) in [5.74, 6) is 0. The van der Waals surface area contributed by atoms with Gasteiger partial charge in [0.1, 0.15) is 0 Å². The molecule has 0 amide bonds. The van der Waals surface area contributed by atoms with E-state index in [1.165, 1.54) is 18.5 Å². The molecule has 0 aromatic carbocycles. The highest BCUT2D eigenvalue weighted by atomic mass is 15.3. The third kappa shape index (κ3) is 3.50. The number of aryl methyl sites for hydroxylation is 2. The summed E-state index contributed by atoms with van der Waals surface area (Å²) in [7, 11) is 0. The summed E-state index contributed by atoms with van der Waals surface area (Å²) >= 11 is 0. The zero-order chi connectivity index (χ0) is 10.2. The topological polar surface area (TPSA) is 29.9 Å². The molecule has 1 rings (SSSR count). The summed E-state index contributed by atoms with van der Waals surface area (Å²) in [6.45, 7) is 7.55. The Bertz CT molecular complexity index is 242. The zero-order valence-electron chi connectivity index (χ0n) is 9.29. The summed E-state index contributed by atoms with van der Waals surface area (Å²) in [4.78, 5) is 0. The van der Waals surface area contributed by atoms with Gasteiger partial charge < -0.3 is 5.32 Å². The van der Waals surface area contributed by atoms with Gasteiger partial charge in [0, 0.05) is 18.4 Å². The molecule has 0 bridgehead atoms. The van der Waals surface area contributed by atoms with Gasteiger partial charge in [0.15, 0.2) is 0 Å². The number of hydrogen-bond donors (Lipinski definition) is 1. The Morgan fingerprint density at radius 3 is 2.93 bits per heavy atom. The smallest absolute Gasteiger partial charge is 0.0492 e. The highest BCUT2D eigenvalue weighted by Gasteiger charge is 1.99. The van der Waals surface area contributed by atoms with Crippen LogP contribution in [0.4, 0.5) is 0 Å². The normalized spacial score (nSPS) is 10.7. The number of nitrogens with zero attached hydrogens (tertiary/aromatic N) is 2. The van der Waals surface area contributed by atoms with Crippen LogP contribution in [0.2, 0.25) is 0 Å². The molecule has 0 unspecified atom stereocenters. The molecule has 1 N–H and O–H groups in total. The summed E-state index contributed by atoms with van der Waals surface area (Å²) in [5.41, 5.74) is 1.35. The lowest BCUT2D eigenvalue weighted by Gasteiger charge is -2.05. The van der Waals surface area contributed by atoms with E-state index >= 15 is 0 Å². The van der Waals surface area contributed by atoms with E-state index in [4.69, 9.17) is 0 Å². The Morgan fingerprint density at radius 1 is 1.36 bits per heavy atom. The molecule has 3 heteroatoms. The van der Waals surface area contributed by atoms with Crippen molar-refractivity contribution in [1.82, 2.24) is 15.1 Å². The van der Waals surface area contributed by atoms with E-state index in [1.54, 1.807) is 0 Å². The molecule has 0 saturated heterocycles. The first kappa shape index (κ1) is 11.2. The van der Waals surface area contributed by atoms with Crippen LogP contribution in [-0.2, 0) is 13.0 Å². The number of aromatic nitrogens is 2. The molecule has 1 heterocycles. The summed E-state index contributed by atoms with van der Waals surface area (Å²) < 4.78 is 2.07. The minimum Gasteiger partial charge on any atom is -0.317 e. The van der Waals surface area contributed by atoms with Crippen molar-refractivity contribution in [2.75, 3.05) is 13.1 Å². The van der Waals surface area contributed by atoms with Crippen LogP contribution in [0.3, 0.4) is 0 Å². The summed E-state index contributed by atoms with van der Waals surface area (Å²) in [6, 6.07) is 2.11. The first-order valence-corrected chi connectivity index (χ1v) is 5.59. The van der Waals surface area contributed by atoms with Crippen LogP contribution < -0.4 is 5.32 Å². The zero-order valence-corrected chi connectivity index (χ0v) is 9.29.